The summed E-state index contributed by atoms with van der Waals surface area (Å²) in [6, 6.07) is 5.40. The fourth-order valence-electron chi connectivity index (χ4n) is 1.77. The lowest BCUT2D eigenvalue weighted by Crippen LogP contribution is -2.21. The molecule has 0 saturated carbocycles. The van der Waals surface area contributed by atoms with Crippen molar-refractivity contribution in [1.82, 2.24) is 15.5 Å². The highest BCUT2D eigenvalue weighted by atomic mass is 19.4. The van der Waals surface area contributed by atoms with Gasteiger partial charge in [0.15, 0.2) is 5.82 Å². The van der Waals surface area contributed by atoms with Gasteiger partial charge in [0.2, 0.25) is 5.89 Å². The van der Waals surface area contributed by atoms with Crippen LogP contribution in [0.5, 0.6) is 0 Å². The van der Waals surface area contributed by atoms with E-state index in [4.69, 9.17) is 4.52 Å². The molecule has 1 aromatic heterocycles. The van der Waals surface area contributed by atoms with Crippen molar-refractivity contribution in [2.45, 2.75) is 39.0 Å². The zero-order valence-corrected chi connectivity index (χ0v) is 11.7. The minimum absolute atomic E-state index is 0.203. The number of aromatic nitrogens is 2. The first-order valence-corrected chi connectivity index (χ1v) is 6.55. The van der Waals surface area contributed by atoms with Crippen LogP contribution in [0, 0.1) is 0 Å². The molecule has 0 unspecified atom stereocenters. The Morgan fingerprint density at radius 3 is 2.71 bits per heavy atom. The number of benzene rings is 1. The smallest absolute Gasteiger partial charge is 0.338 e. The van der Waals surface area contributed by atoms with Gasteiger partial charge in [0.1, 0.15) is 0 Å². The van der Waals surface area contributed by atoms with Crippen molar-refractivity contribution in [3.63, 3.8) is 0 Å². The van der Waals surface area contributed by atoms with E-state index in [9.17, 15) is 13.2 Å². The van der Waals surface area contributed by atoms with Crippen LogP contribution < -0.4 is 5.32 Å². The molecule has 0 aliphatic heterocycles. The summed E-state index contributed by atoms with van der Waals surface area (Å²) in [6.07, 6.45) is -4.14. The minimum Gasteiger partial charge on any atom is -0.338 e. The molecule has 21 heavy (non-hydrogen) atoms. The fraction of sp³-hybridized carbons (Fsp3) is 0.429. The van der Waals surface area contributed by atoms with E-state index >= 15 is 0 Å². The Morgan fingerprint density at radius 1 is 1.29 bits per heavy atom. The highest BCUT2D eigenvalue weighted by molar-refractivity contribution is 5.27. The van der Waals surface area contributed by atoms with Gasteiger partial charge in [-0.05, 0) is 11.6 Å². The molecule has 0 bridgehead atoms. The van der Waals surface area contributed by atoms with Crippen molar-refractivity contribution < 1.29 is 17.7 Å². The van der Waals surface area contributed by atoms with Crippen molar-refractivity contribution in [3.05, 3.63) is 47.1 Å². The van der Waals surface area contributed by atoms with Gasteiger partial charge < -0.3 is 9.84 Å². The molecule has 0 atom stereocenters. The van der Waals surface area contributed by atoms with E-state index in [1.54, 1.807) is 6.07 Å². The zero-order chi connectivity index (χ0) is 15.5. The van der Waals surface area contributed by atoms with Gasteiger partial charge in [-0.1, -0.05) is 37.2 Å². The molecule has 1 aromatic carbocycles. The second-order valence-electron chi connectivity index (χ2n) is 5.01. The third-order valence-electron chi connectivity index (χ3n) is 2.79. The van der Waals surface area contributed by atoms with Crippen LogP contribution in [0.1, 0.15) is 36.7 Å². The maximum absolute atomic E-state index is 12.6. The average molecular weight is 299 g/mol. The van der Waals surface area contributed by atoms with E-state index in [0.29, 0.717) is 23.8 Å². The number of hydrogen-bond donors (Lipinski definition) is 1. The van der Waals surface area contributed by atoms with Gasteiger partial charge in [-0.15, -0.1) is 0 Å². The van der Waals surface area contributed by atoms with E-state index < -0.39 is 11.7 Å². The van der Waals surface area contributed by atoms with Crippen LogP contribution >= 0.6 is 0 Å². The fourth-order valence-corrected chi connectivity index (χ4v) is 1.77. The maximum Gasteiger partial charge on any atom is 0.416 e. The van der Waals surface area contributed by atoms with Crippen molar-refractivity contribution in [3.8, 4) is 0 Å². The minimum atomic E-state index is -4.35. The van der Waals surface area contributed by atoms with Crippen LogP contribution in [0.2, 0.25) is 0 Å². The first kappa shape index (κ1) is 15.5. The van der Waals surface area contributed by atoms with Gasteiger partial charge in [-0.25, -0.2) is 0 Å². The van der Waals surface area contributed by atoms with E-state index in [-0.39, 0.29) is 12.5 Å². The standard InChI is InChI=1S/C14H16F3N3O/c1-9(2)18-8-13-19-12(20-21-13)7-10-4-3-5-11(6-10)14(15,16)17/h3-6,9,18H,7-8H2,1-2H3. The topological polar surface area (TPSA) is 51.0 Å². The largest absolute Gasteiger partial charge is 0.416 e. The molecule has 0 radical (unpaired) electrons. The Morgan fingerprint density at radius 2 is 2.05 bits per heavy atom. The number of rotatable bonds is 5. The molecule has 4 nitrogen and oxygen atoms in total. The monoisotopic (exact) mass is 299 g/mol. The second kappa shape index (κ2) is 6.26. The summed E-state index contributed by atoms with van der Waals surface area (Å²) in [5.74, 6) is 0.792. The number of hydrogen-bond acceptors (Lipinski definition) is 4. The Labute approximate surface area is 120 Å². The highest BCUT2D eigenvalue weighted by Gasteiger charge is 2.30. The molecule has 0 fully saturated rings. The second-order valence-corrected chi connectivity index (χ2v) is 5.01. The summed E-state index contributed by atoms with van der Waals surface area (Å²) in [5.41, 5.74) is -0.181. The third-order valence-corrected chi connectivity index (χ3v) is 2.79. The Hall–Kier alpha value is -1.89. The van der Waals surface area contributed by atoms with Crippen LogP contribution in [0.4, 0.5) is 13.2 Å². The predicted octanol–water partition coefficient (Wildman–Crippen LogP) is 3.18. The summed E-state index contributed by atoms with van der Waals surface area (Å²) in [6.45, 7) is 4.41. The van der Waals surface area contributed by atoms with Crippen molar-refractivity contribution >= 4 is 0 Å². The van der Waals surface area contributed by atoms with Gasteiger partial charge in [-0.3, -0.25) is 0 Å². The summed E-state index contributed by atoms with van der Waals surface area (Å²) in [4.78, 5) is 4.15. The van der Waals surface area contributed by atoms with Gasteiger partial charge in [0.25, 0.3) is 0 Å². The van der Waals surface area contributed by atoms with Crippen molar-refractivity contribution in [2.75, 3.05) is 0 Å². The van der Waals surface area contributed by atoms with Crippen molar-refractivity contribution in [2.24, 2.45) is 0 Å². The molecule has 1 heterocycles. The van der Waals surface area contributed by atoms with Crippen LogP contribution in [0.15, 0.2) is 28.8 Å². The molecular weight excluding hydrogens is 283 g/mol. The molecule has 7 heteroatoms. The molecular formula is C14H16F3N3O. The summed E-state index contributed by atoms with van der Waals surface area (Å²) >= 11 is 0. The molecule has 2 aromatic rings. The lowest BCUT2D eigenvalue weighted by molar-refractivity contribution is -0.137. The van der Waals surface area contributed by atoms with E-state index in [1.807, 2.05) is 13.8 Å². The van der Waals surface area contributed by atoms with Gasteiger partial charge in [0.05, 0.1) is 12.1 Å². The SMILES string of the molecule is CC(C)NCc1nc(Cc2cccc(C(F)(F)F)c2)no1. The number of nitrogens with one attached hydrogen (secondary N) is 1. The molecule has 2 rings (SSSR count). The summed E-state index contributed by atoms with van der Waals surface area (Å²) in [5, 5.41) is 6.90. The molecule has 0 amide bonds. The summed E-state index contributed by atoms with van der Waals surface area (Å²) < 4.78 is 42.9. The van der Waals surface area contributed by atoms with Crippen LogP contribution in [0.3, 0.4) is 0 Å². The molecule has 0 spiro atoms. The Bertz CT molecular complexity index is 593. The first-order valence-electron chi connectivity index (χ1n) is 6.55. The van der Waals surface area contributed by atoms with Gasteiger partial charge in [0, 0.05) is 12.5 Å². The lowest BCUT2D eigenvalue weighted by atomic mass is 10.1. The number of nitrogens with zero attached hydrogens (tertiary/aromatic N) is 2. The first-order chi connectivity index (χ1) is 9.84. The predicted molar refractivity (Wildman–Crippen MR) is 70.5 cm³/mol. The quantitative estimate of drug-likeness (QED) is 0.921. The zero-order valence-electron chi connectivity index (χ0n) is 11.7. The van der Waals surface area contributed by atoms with Crippen LogP contribution in [-0.4, -0.2) is 16.2 Å². The van der Waals surface area contributed by atoms with Crippen LogP contribution in [-0.2, 0) is 19.1 Å². The van der Waals surface area contributed by atoms with Crippen molar-refractivity contribution in [1.29, 1.82) is 0 Å². The Kier molecular flexibility index (Phi) is 4.62. The number of halogens is 3. The highest BCUT2D eigenvalue weighted by Crippen LogP contribution is 2.29. The molecule has 0 saturated heterocycles. The maximum atomic E-state index is 12.6. The summed E-state index contributed by atoms with van der Waals surface area (Å²) in [7, 11) is 0. The van der Waals surface area contributed by atoms with E-state index in [1.165, 1.54) is 6.07 Å². The van der Waals surface area contributed by atoms with E-state index in [2.05, 4.69) is 15.5 Å². The van der Waals surface area contributed by atoms with Gasteiger partial charge in [-0.2, -0.15) is 18.2 Å². The lowest BCUT2D eigenvalue weighted by Gasteiger charge is -2.07. The molecule has 0 aliphatic rings. The molecule has 114 valence electrons. The third kappa shape index (κ3) is 4.56. The average Bonchev–Trinajstić information content (AvgIpc) is 2.83. The molecule has 0 aliphatic carbocycles. The van der Waals surface area contributed by atoms with Crippen LogP contribution in [0.25, 0.3) is 0 Å². The van der Waals surface area contributed by atoms with Gasteiger partial charge >= 0.3 is 6.18 Å². The Balaban J connectivity index is 2.05. The normalized spacial score (nSPS) is 12.1. The van der Waals surface area contributed by atoms with E-state index in [0.717, 1.165) is 12.1 Å². The molecule has 1 N–H and O–H groups in total. The number of alkyl halides is 3.